The molecule has 0 heterocycles. The number of anilines is 1. The maximum atomic E-state index is 11.7. The van der Waals surface area contributed by atoms with Gasteiger partial charge in [-0.25, -0.2) is 4.79 Å². The van der Waals surface area contributed by atoms with Crippen molar-refractivity contribution in [2.45, 2.75) is 46.8 Å². The van der Waals surface area contributed by atoms with Gasteiger partial charge in [0, 0.05) is 18.2 Å². The van der Waals surface area contributed by atoms with E-state index in [2.05, 4.69) is 16.0 Å². The standard InChI is InChI=1S/C18H27N3O4/c1-12(2)16(23)21-14-8-6-13(7-9-14)10-19-15(22)11-20-17(24)25-18(3,4)5/h6-9,12H,10-11H2,1-5H3,(H,19,22)(H,20,24)(H,21,23). The number of ether oxygens (including phenoxy) is 1. The molecule has 3 N–H and O–H groups in total. The molecule has 0 aliphatic rings. The first-order chi connectivity index (χ1) is 11.6. The zero-order chi connectivity index (χ0) is 19.0. The molecule has 7 nitrogen and oxygen atoms in total. The van der Waals surface area contributed by atoms with E-state index in [1.54, 1.807) is 32.9 Å². The molecule has 0 atom stereocenters. The van der Waals surface area contributed by atoms with E-state index in [9.17, 15) is 14.4 Å². The van der Waals surface area contributed by atoms with Gasteiger partial charge in [0.05, 0.1) is 0 Å². The number of amides is 3. The average molecular weight is 349 g/mol. The summed E-state index contributed by atoms with van der Waals surface area (Å²) in [4.78, 5) is 34.8. The molecule has 1 aromatic carbocycles. The quantitative estimate of drug-likeness (QED) is 0.735. The molecule has 0 spiro atoms. The highest BCUT2D eigenvalue weighted by molar-refractivity contribution is 5.92. The molecule has 1 rings (SSSR count). The van der Waals surface area contributed by atoms with E-state index in [4.69, 9.17) is 4.74 Å². The van der Waals surface area contributed by atoms with Gasteiger partial charge < -0.3 is 20.7 Å². The number of hydrogen-bond donors (Lipinski definition) is 3. The topological polar surface area (TPSA) is 96.5 Å². The lowest BCUT2D eigenvalue weighted by Crippen LogP contribution is -2.39. The summed E-state index contributed by atoms with van der Waals surface area (Å²) in [5.74, 6) is -0.450. The van der Waals surface area contributed by atoms with Crippen LogP contribution in [0.15, 0.2) is 24.3 Å². The van der Waals surface area contributed by atoms with E-state index in [0.29, 0.717) is 12.2 Å². The van der Waals surface area contributed by atoms with Gasteiger partial charge in [-0.1, -0.05) is 26.0 Å². The van der Waals surface area contributed by atoms with Crippen molar-refractivity contribution in [1.82, 2.24) is 10.6 Å². The van der Waals surface area contributed by atoms with Crippen LogP contribution < -0.4 is 16.0 Å². The van der Waals surface area contributed by atoms with Gasteiger partial charge in [-0.15, -0.1) is 0 Å². The number of hydrogen-bond acceptors (Lipinski definition) is 4. The average Bonchev–Trinajstić information content (AvgIpc) is 2.50. The summed E-state index contributed by atoms with van der Waals surface area (Å²) in [6.45, 7) is 9.07. The molecule has 0 fully saturated rings. The Kier molecular flexibility index (Phi) is 7.42. The van der Waals surface area contributed by atoms with E-state index in [-0.39, 0.29) is 24.3 Å². The molecule has 0 saturated carbocycles. The van der Waals surface area contributed by atoms with E-state index >= 15 is 0 Å². The summed E-state index contributed by atoms with van der Waals surface area (Å²) in [7, 11) is 0. The molecule has 0 radical (unpaired) electrons. The molecule has 138 valence electrons. The van der Waals surface area contributed by atoms with Crippen LogP contribution in [0.3, 0.4) is 0 Å². The molecular formula is C18H27N3O4. The highest BCUT2D eigenvalue weighted by Crippen LogP contribution is 2.11. The maximum Gasteiger partial charge on any atom is 0.408 e. The number of carbonyl (C=O) groups excluding carboxylic acids is 3. The van der Waals surface area contributed by atoms with Crippen LogP contribution in [0, 0.1) is 5.92 Å². The second-order valence-corrected chi connectivity index (χ2v) is 6.97. The molecule has 0 saturated heterocycles. The fraction of sp³-hybridized carbons (Fsp3) is 0.500. The van der Waals surface area contributed by atoms with Crippen molar-refractivity contribution in [3.05, 3.63) is 29.8 Å². The van der Waals surface area contributed by atoms with Crippen molar-refractivity contribution >= 4 is 23.6 Å². The summed E-state index contributed by atoms with van der Waals surface area (Å²) < 4.78 is 5.05. The second kappa shape index (κ2) is 9.05. The molecular weight excluding hydrogens is 322 g/mol. The molecule has 0 aliphatic carbocycles. The second-order valence-electron chi connectivity index (χ2n) is 6.97. The maximum absolute atomic E-state index is 11.7. The summed E-state index contributed by atoms with van der Waals surface area (Å²) in [5, 5.41) is 7.89. The van der Waals surface area contributed by atoms with Crippen LogP contribution in [0.2, 0.25) is 0 Å². The smallest absolute Gasteiger partial charge is 0.408 e. The fourth-order valence-electron chi connectivity index (χ4n) is 1.72. The molecule has 3 amide bonds. The lowest BCUT2D eigenvalue weighted by molar-refractivity contribution is -0.120. The Labute approximate surface area is 148 Å². The van der Waals surface area contributed by atoms with Gasteiger partial charge in [0.15, 0.2) is 0 Å². The van der Waals surface area contributed by atoms with Gasteiger partial charge in [0.25, 0.3) is 0 Å². The Bertz CT molecular complexity index is 604. The molecule has 0 unspecified atom stereocenters. The summed E-state index contributed by atoms with van der Waals surface area (Å²) in [5.41, 5.74) is 0.987. The van der Waals surface area contributed by atoms with Crippen molar-refractivity contribution in [2.75, 3.05) is 11.9 Å². The third-order valence-electron chi connectivity index (χ3n) is 3.03. The molecule has 0 aliphatic heterocycles. The minimum atomic E-state index is -0.632. The van der Waals surface area contributed by atoms with Crippen molar-refractivity contribution < 1.29 is 19.1 Å². The van der Waals surface area contributed by atoms with Gasteiger partial charge in [-0.2, -0.15) is 0 Å². The van der Waals surface area contributed by atoms with Gasteiger partial charge in [0.1, 0.15) is 12.1 Å². The number of benzene rings is 1. The van der Waals surface area contributed by atoms with Crippen molar-refractivity contribution in [2.24, 2.45) is 5.92 Å². The van der Waals surface area contributed by atoms with Crippen LogP contribution in [-0.4, -0.2) is 30.1 Å². The molecule has 0 aromatic heterocycles. The Hall–Kier alpha value is -2.57. The predicted octanol–water partition coefficient (Wildman–Crippen LogP) is 2.42. The Balaban J connectivity index is 2.36. The SMILES string of the molecule is CC(C)C(=O)Nc1ccc(CNC(=O)CNC(=O)OC(C)(C)C)cc1. The zero-order valence-electron chi connectivity index (χ0n) is 15.4. The summed E-state index contributed by atoms with van der Waals surface area (Å²) in [6.07, 6.45) is -0.632. The van der Waals surface area contributed by atoms with Gasteiger partial charge >= 0.3 is 6.09 Å². The predicted molar refractivity (Wildman–Crippen MR) is 96.0 cm³/mol. The Morgan fingerprint density at radius 2 is 1.64 bits per heavy atom. The number of carbonyl (C=O) groups is 3. The van der Waals surface area contributed by atoms with Crippen molar-refractivity contribution in [3.8, 4) is 0 Å². The number of alkyl carbamates (subject to hydrolysis) is 1. The third kappa shape index (κ3) is 8.74. The summed E-state index contributed by atoms with van der Waals surface area (Å²) in [6, 6.07) is 7.19. The first kappa shape index (κ1) is 20.5. The van der Waals surface area contributed by atoms with Crippen molar-refractivity contribution in [3.63, 3.8) is 0 Å². The van der Waals surface area contributed by atoms with Gasteiger partial charge in [-0.05, 0) is 38.5 Å². The van der Waals surface area contributed by atoms with Crippen LogP contribution in [-0.2, 0) is 20.9 Å². The van der Waals surface area contributed by atoms with Crippen molar-refractivity contribution in [1.29, 1.82) is 0 Å². The fourth-order valence-corrected chi connectivity index (χ4v) is 1.72. The summed E-state index contributed by atoms with van der Waals surface area (Å²) >= 11 is 0. The van der Waals surface area contributed by atoms with Crippen LogP contribution in [0.1, 0.15) is 40.2 Å². The third-order valence-corrected chi connectivity index (χ3v) is 3.03. The first-order valence-corrected chi connectivity index (χ1v) is 8.20. The van der Waals surface area contributed by atoms with E-state index in [1.807, 2.05) is 26.0 Å². The molecule has 1 aromatic rings. The van der Waals surface area contributed by atoms with E-state index in [1.165, 1.54) is 0 Å². The van der Waals surface area contributed by atoms with Gasteiger partial charge in [0.2, 0.25) is 11.8 Å². The highest BCUT2D eigenvalue weighted by Gasteiger charge is 2.16. The minimum Gasteiger partial charge on any atom is -0.444 e. The van der Waals surface area contributed by atoms with Crippen LogP contribution in [0.4, 0.5) is 10.5 Å². The lowest BCUT2D eigenvalue weighted by Gasteiger charge is -2.19. The molecule has 7 heteroatoms. The lowest BCUT2D eigenvalue weighted by atomic mass is 10.1. The van der Waals surface area contributed by atoms with Crippen LogP contribution in [0.5, 0.6) is 0 Å². The molecule has 0 bridgehead atoms. The number of rotatable bonds is 6. The van der Waals surface area contributed by atoms with Crippen LogP contribution >= 0.6 is 0 Å². The highest BCUT2D eigenvalue weighted by atomic mass is 16.6. The van der Waals surface area contributed by atoms with Crippen LogP contribution in [0.25, 0.3) is 0 Å². The molecule has 25 heavy (non-hydrogen) atoms. The number of nitrogens with one attached hydrogen (secondary N) is 3. The van der Waals surface area contributed by atoms with E-state index in [0.717, 1.165) is 5.56 Å². The van der Waals surface area contributed by atoms with E-state index < -0.39 is 11.7 Å². The zero-order valence-corrected chi connectivity index (χ0v) is 15.4. The Morgan fingerprint density at radius 1 is 1.04 bits per heavy atom. The Morgan fingerprint density at radius 3 is 2.16 bits per heavy atom. The minimum absolute atomic E-state index is 0.0470. The normalized spacial score (nSPS) is 11.0. The van der Waals surface area contributed by atoms with Gasteiger partial charge in [-0.3, -0.25) is 9.59 Å². The first-order valence-electron chi connectivity index (χ1n) is 8.20. The largest absolute Gasteiger partial charge is 0.444 e. The monoisotopic (exact) mass is 349 g/mol.